The predicted molar refractivity (Wildman–Crippen MR) is 54.0 cm³/mol. The topological polar surface area (TPSA) is 55.4 Å². The Kier molecular flexibility index (Phi) is 6.12. The molecule has 0 aromatic heterocycles. The molecule has 0 heterocycles. The molecule has 14 heavy (non-hydrogen) atoms. The van der Waals surface area contributed by atoms with E-state index in [1.165, 1.54) is 19.8 Å². The molecule has 0 aromatic rings. The van der Waals surface area contributed by atoms with Gasteiger partial charge in [-0.15, -0.1) is 0 Å². The van der Waals surface area contributed by atoms with Gasteiger partial charge in [0.1, 0.15) is 6.79 Å². The van der Waals surface area contributed by atoms with E-state index in [1.54, 1.807) is 7.11 Å². The molecule has 0 radical (unpaired) electrons. The Morgan fingerprint density at radius 3 is 2.29 bits per heavy atom. The molecule has 1 rings (SSSR count). The zero-order valence-corrected chi connectivity index (χ0v) is 8.97. The number of methoxy groups -OCH3 is 1. The molecule has 0 aromatic carbocycles. The maximum atomic E-state index is 10.7. The van der Waals surface area contributed by atoms with Crippen LogP contribution in [0.3, 0.4) is 0 Å². The minimum Gasteiger partial charge on any atom is -0.376 e. The fourth-order valence-electron chi connectivity index (χ4n) is 1.76. The van der Waals surface area contributed by atoms with Crippen LogP contribution < -0.4 is 5.32 Å². The largest absolute Gasteiger partial charge is 0.376 e. The first-order chi connectivity index (χ1) is 6.68. The Morgan fingerprint density at radius 1 is 1.43 bits per heavy atom. The first kappa shape index (κ1) is 13.1. The molecule has 4 nitrogen and oxygen atoms in total. The van der Waals surface area contributed by atoms with E-state index in [9.17, 15) is 4.79 Å². The minimum absolute atomic E-state index is 0.0262. The predicted octanol–water partition coefficient (Wildman–Crippen LogP) is 0.897. The summed E-state index contributed by atoms with van der Waals surface area (Å²) in [4.78, 5) is 18.7. The minimum atomic E-state index is -0.0638. The summed E-state index contributed by atoms with van der Waals surface area (Å²) in [6.07, 6.45) is 4.58. The van der Waals surface area contributed by atoms with Crippen LogP contribution in [0.15, 0.2) is 0 Å². The standard InChI is InChI=1S/C9H17NO2.CH2O/c1-8(11)10-7-9(12-2)5-3-4-6-9;1-2/h3-7H2,1-2H3,(H,10,11);1H2. The van der Waals surface area contributed by atoms with E-state index in [0.29, 0.717) is 6.54 Å². The Labute approximate surface area is 85.0 Å². The van der Waals surface area contributed by atoms with Crippen molar-refractivity contribution >= 4 is 12.7 Å². The number of hydrogen-bond donors (Lipinski definition) is 1. The molecule has 82 valence electrons. The Bertz CT molecular complexity index is 176. The first-order valence-electron chi connectivity index (χ1n) is 4.77. The number of carbonyl (C=O) groups excluding carboxylic acids is 2. The number of nitrogens with one attached hydrogen (secondary N) is 1. The summed E-state index contributed by atoms with van der Waals surface area (Å²) in [7, 11) is 1.73. The lowest BCUT2D eigenvalue weighted by Crippen LogP contribution is -2.41. The fourth-order valence-corrected chi connectivity index (χ4v) is 1.76. The van der Waals surface area contributed by atoms with Crippen LogP contribution in [0, 0.1) is 0 Å². The third-order valence-electron chi connectivity index (χ3n) is 2.61. The van der Waals surface area contributed by atoms with Crippen LogP contribution in [0.2, 0.25) is 0 Å². The fraction of sp³-hybridized carbons (Fsp3) is 0.800. The van der Waals surface area contributed by atoms with Gasteiger partial charge >= 0.3 is 0 Å². The summed E-state index contributed by atoms with van der Waals surface area (Å²) >= 11 is 0. The van der Waals surface area contributed by atoms with Crippen LogP contribution in [-0.4, -0.2) is 32.0 Å². The average molecular weight is 201 g/mol. The molecule has 1 aliphatic carbocycles. The van der Waals surface area contributed by atoms with Gasteiger partial charge in [0.2, 0.25) is 5.91 Å². The van der Waals surface area contributed by atoms with E-state index < -0.39 is 0 Å². The van der Waals surface area contributed by atoms with Crippen LogP contribution in [0.4, 0.5) is 0 Å². The van der Waals surface area contributed by atoms with Crippen LogP contribution >= 0.6 is 0 Å². The molecular weight excluding hydrogens is 182 g/mol. The maximum absolute atomic E-state index is 10.7. The van der Waals surface area contributed by atoms with Crippen molar-refractivity contribution in [2.45, 2.75) is 38.2 Å². The Morgan fingerprint density at radius 2 is 1.93 bits per heavy atom. The van der Waals surface area contributed by atoms with Crippen LogP contribution in [0.1, 0.15) is 32.6 Å². The van der Waals surface area contributed by atoms with Crippen LogP contribution in [0.5, 0.6) is 0 Å². The maximum Gasteiger partial charge on any atom is 0.216 e. The van der Waals surface area contributed by atoms with E-state index >= 15 is 0 Å². The van der Waals surface area contributed by atoms with Gasteiger partial charge in [-0.3, -0.25) is 4.79 Å². The number of carbonyl (C=O) groups is 2. The molecule has 0 aliphatic heterocycles. The Hall–Kier alpha value is -0.900. The monoisotopic (exact) mass is 201 g/mol. The second-order valence-electron chi connectivity index (χ2n) is 3.50. The van der Waals surface area contributed by atoms with Crippen molar-refractivity contribution in [3.63, 3.8) is 0 Å². The highest BCUT2D eigenvalue weighted by atomic mass is 16.5. The van der Waals surface area contributed by atoms with Gasteiger partial charge in [-0.05, 0) is 12.8 Å². The smallest absolute Gasteiger partial charge is 0.216 e. The van der Waals surface area contributed by atoms with Crippen molar-refractivity contribution in [3.8, 4) is 0 Å². The van der Waals surface area contributed by atoms with Crippen molar-refractivity contribution in [2.75, 3.05) is 13.7 Å². The second-order valence-corrected chi connectivity index (χ2v) is 3.50. The van der Waals surface area contributed by atoms with Crippen molar-refractivity contribution in [2.24, 2.45) is 0 Å². The van der Waals surface area contributed by atoms with Gasteiger partial charge in [-0.1, -0.05) is 12.8 Å². The lowest BCUT2D eigenvalue weighted by atomic mass is 10.0. The molecule has 0 bridgehead atoms. The summed E-state index contributed by atoms with van der Waals surface area (Å²) in [5, 5.41) is 2.82. The summed E-state index contributed by atoms with van der Waals surface area (Å²) in [6, 6.07) is 0. The van der Waals surface area contributed by atoms with Gasteiger partial charge in [-0.25, -0.2) is 0 Å². The third-order valence-corrected chi connectivity index (χ3v) is 2.61. The zero-order chi connectivity index (χ0) is 11.0. The summed E-state index contributed by atoms with van der Waals surface area (Å²) in [5.74, 6) is 0.0262. The molecule has 1 N–H and O–H groups in total. The van der Waals surface area contributed by atoms with E-state index in [1.807, 2.05) is 6.79 Å². The molecule has 1 aliphatic rings. The molecule has 1 amide bonds. The van der Waals surface area contributed by atoms with Crippen molar-refractivity contribution in [1.29, 1.82) is 0 Å². The summed E-state index contributed by atoms with van der Waals surface area (Å²) in [5.41, 5.74) is -0.0638. The van der Waals surface area contributed by atoms with E-state index in [-0.39, 0.29) is 11.5 Å². The quantitative estimate of drug-likeness (QED) is 0.738. The molecule has 0 atom stereocenters. The first-order valence-corrected chi connectivity index (χ1v) is 4.77. The number of ether oxygens (including phenoxy) is 1. The van der Waals surface area contributed by atoms with Gasteiger partial charge in [0.05, 0.1) is 5.60 Å². The number of hydrogen-bond acceptors (Lipinski definition) is 3. The molecule has 0 spiro atoms. The molecule has 1 fully saturated rings. The Balaban J connectivity index is 0.000000791. The number of rotatable bonds is 3. The van der Waals surface area contributed by atoms with Gasteiger partial charge in [0, 0.05) is 20.6 Å². The summed E-state index contributed by atoms with van der Waals surface area (Å²) < 4.78 is 5.43. The van der Waals surface area contributed by atoms with Crippen molar-refractivity contribution in [1.82, 2.24) is 5.32 Å². The van der Waals surface area contributed by atoms with E-state index in [0.717, 1.165) is 12.8 Å². The number of amides is 1. The van der Waals surface area contributed by atoms with Gasteiger partial charge in [0.15, 0.2) is 0 Å². The second kappa shape index (κ2) is 6.54. The van der Waals surface area contributed by atoms with Gasteiger partial charge in [-0.2, -0.15) is 0 Å². The zero-order valence-electron chi connectivity index (χ0n) is 8.97. The lowest BCUT2D eigenvalue weighted by Gasteiger charge is -2.27. The molecular formula is C10H19NO3. The highest BCUT2D eigenvalue weighted by molar-refractivity contribution is 5.72. The third kappa shape index (κ3) is 3.87. The highest BCUT2D eigenvalue weighted by Gasteiger charge is 2.33. The van der Waals surface area contributed by atoms with Crippen LogP contribution in [0.25, 0.3) is 0 Å². The SMILES string of the molecule is C=O.COC1(CNC(C)=O)CCCC1. The van der Waals surface area contributed by atoms with E-state index in [2.05, 4.69) is 5.32 Å². The molecule has 0 unspecified atom stereocenters. The summed E-state index contributed by atoms with van der Waals surface area (Å²) in [6.45, 7) is 4.21. The highest BCUT2D eigenvalue weighted by Crippen LogP contribution is 2.31. The molecule has 0 saturated heterocycles. The average Bonchev–Trinajstić information content (AvgIpc) is 2.67. The van der Waals surface area contributed by atoms with E-state index in [4.69, 9.17) is 9.53 Å². The molecule has 1 saturated carbocycles. The van der Waals surface area contributed by atoms with Crippen molar-refractivity contribution in [3.05, 3.63) is 0 Å². The normalized spacial score (nSPS) is 18.1. The van der Waals surface area contributed by atoms with Crippen molar-refractivity contribution < 1.29 is 14.3 Å². The van der Waals surface area contributed by atoms with Crippen LogP contribution in [-0.2, 0) is 14.3 Å². The lowest BCUT2D eigenvalue weighted by molar-refractivity contribution is -0.120. The van der Waals surface area contributed by atoms with Gasteiger partial charge in [0.25, 0.3) is 0 Å². The van der Waals surface area contributed by atoms with Gasteiger partial charge < -0.3 is 14.8 Å². The molecule has 4 heteroatoms.